The van der Waals surface area contributed by atoms with Gasteiger partial charge in [-0.2, -0.15) is 0 Å². The molecule has 1 aromatic carbocycles. The van der Waals surface area contributed by atoms with Gasteiger partial charge in [0.2, 0.25) is 0 Å². The molecule has 1 aromatic rings. The topological polar surface area (TPSA) is 38.5 Å². The maximum atomic E-state index is 6.04. The molecular weight excluding hydrogens is 236 g/mol. The molecule has 2 rings (SSSR count). The molecule has 0 bridgehead atoms. The van der Waals surface area contributed by atoms with Crippen molar-refractivity contribution in [3.63, 3.8) is 0 Å². The smallest absolute Gasteiger partial charge is 0.119 e. The third kappa shape index (κ3) is 3.95. The van der Waals surface area contributed by atoms with Crippen LogP contribution in [-0.4, -0.2) is 31.6 Å². The normalized spacial score (nSPS) is 16.6. The minimum atomic E-state index is 0.315. The van der Waals surface area contributed by atoms with Crippen molar-refractivity contribution in [1.29, 1.82) is 0 Å². The van der Waals surface area contributed by atoms with Crippen LogP contribution in [0.25, 0.3) is 0 Å². The average Bonchev–Trinajstić information content (AvgIpc) is 3.24. The summed E-state index contributed by atoms with van der Waals surface area (Å²) in [6.07, 6.45) is 3.94. The summed E-state index contributed by atoms with van der Waals surface area (Å²) < 4.78 is 5.32. The summed E-state index contributed by atoms with van der Waals surface area (Å²) in [6, 6.07) is 8.64. The van der Waals surface area contributed by atoms with E-state index in [1.165, 1.54) is 31.4 Å². The summed E-state index contributed by atoms with van der Waals surface area (Å²) in [5.41, 5.74) is 7.32. The van der Waals surface area contributed by atoms with E-state index in [0.29, 0.717) is 12.6 Å². The quantitative estimate of drug-likeness (QED) is 0.783. The summed E-state index contributed by atoms with van der Waals surface area (Å²) >= 11 is 0. The van der Waals surface area contributed by atoms with Gasteiger partial charge in [0.25, 0.3) is 0 Å². The van der Waals surface area contributed by atoms with Crippen molar-refractivity contribution in [2.75, 3.05) is 26.7 Å². The van der Waals surface area contributed by atoms with Crippen LogP contribution in [0.4, 0.5) is 0 Å². The van der Waals surface area contributed by atoms with Crippen molar-refractivity contribution in [2.45, 2.75) is 32.2 Å². The lowest BCUT2D eigenvalue weighted by Crippen LogP contribution is -2.36. The Morgan fingerprint density at radius 1 is 1.42 bits per heavy atom. The Hall–Kier alpha value is -1.06. The van der Waals surface area contributed by atoms with E-state index in [4.69, 9.17) is 10.5 Å². The molecule has 106 valence electrons. The van der Waals surface area contributed by atoms with Gasteiger partial charge in [0, 0.05) is 19.1 Å². The van der Waals surface area contributed by atoms with E-state index in [0.717, 1.165) is 18.2 Å². The van der Waals surface area contributed by atoms with Crippen LogP contribution in [0.3, 0.4) is 0 Å². The number of benzene rings is 1. The highest BCUT2D eigenvalue weighted by atomic mass is 16.5. The molecule has 3 heteroatoms. The van der Waals surface area contributed by atoms with Gasteiger partial charge >= 0.3 is 0 Å². The molecule has 1 atom stereocenters. The Labute approximate surface area is 116 Å². The van der Waals surface area contributed by atoms with Gasteiger partial charge in [-0.3, -0.25) is 4.90 Å². The zero-order chi connectivity index (χ0) is 13.7. The number of ether oxygens (including phenoxy) is 1. The third-order valence-electron chi connectivity index (χ3n) is 3.84. The van der Waals surface area contributed by atoms with E-state index >= 15 is 0 Å². The predicted molar refractivity (Wildman–Crippen MR) is 79.4 cm³/mol. The maximum absolute atomic E-state index is 6.04. The molecule has 3 nitrogen and oxygen atoms in total. The van der Waals surface area contributed by atoms with Crippen LogP contribution >= 0.6 is 0 Å². The first-order chi connectivity index (χ1) is 9.28. The van der Waals surface area contributed by atoms with E-state index < -0.39 is 0 Å². The highest BCUT2D eigenvalue weighted by molar-refractivity contribution is 5.30. The third-order valence-corrected chi connectivity index (χ3v) is 3.84. The largest absolute Gasteiger partial charge is 0.497 e. The average molecular weight is 262 g/mol. The van der Waals surface area contributed by atoms with Gasteiger partial charge in [0.1, 0.15) is 5.75 Å². The minimum absolute atomic E-state index is 0.315. The Morgan fingerprint density at radius 2 is 2.21 bits per heavy atom. The van der Waals surface area contributed by atoms with Gasteiger partial charge in [-0.05, 0) is 49.4 Å². The summed E-state index contributed by atoms with van der Waals surface area (Å²) in [5.74, 6) is 1.81. The number of nitrogens with two attached hydrogens (primary N) is 1. The van der Waals surface area contributed by atoms with Crippen LogP contribution < -0.4 is 10.5 Å². The van der Waals surface area contributed by atoms with E-state index in [2.05, 4.69) is 30.0 Å². The van der Waals surface area contributed by atoms with E-state index in [1.807, 2.05) is 6.07 Å². The van der Waals surface area contributed by atoms with Crippen LogP contribution in [0.5, 0.6) is 5.75 Å². The highest BCUT2D eigenvalue weighted by Gasteiger charge is 2.28. The molecule has 0 amide bonds. The van der Waals surface area contributed by atoms with Crippen molar-refractivity contribution in [3.05, 3.63) is 29.8 Å². The van der Waals surface area contributed by atoms with E-state index in [-0.39, 0.29) is 0 Å². The lowest BCUT2D eigenvalue weighted by molar-refractivity contribution is 0.193. The first-order valence-corrected chi connectivity index (χ1v) is 7.36. The van der Waals surface area contributed by atoms with Gasteiger partial charge in [0.15, 0.2) is 0 Å². The maximum Gasteiger partial charge on any atom is 0.119 e. The van der Waals surface area contributed by atoms with Crippen molar-refractivity contribution < 1.29 is 4.74 Å². The summed E-state index contributed by atoms with van der Waals surface area (Å²) in [6.45, 7) is 5.21. The Balaban J connectivity index is 2.13. The molecule has 2 N–H and O–H groups in total. The van der Waals surface area contributed by atoms with Crippen LogP contribution in [0.15, 0.2) is 24.3 Å². The second-order valence-electron chi connectivity index (χ2n) is 5.47. The zero-order valence-corrected chi connectivity index (χ0v) is 12.1. The van der Waals surface area contributed by atoms with Crippen molar-refractivity contribution in [2.24, 2.45) is 11.7 Å². The van der Waals surface area contributed by atoms with Gasteiger partial charge < -0.3 is 10.5 Å². The first kappa shape index (κ1) is 14.4. The molecule has 19 heavy (non-hydrogen) atoms. The lowest BCUT2D eigenvalue weighted by Gasteiger charge is -2.31. The SMILES string of the molecule is CCCN(CC1CC1)C(CN)c1cccc(OC)c1. The van der Waals surface area contributed by atoms with Crippen LogP contribution in [0.1, 0.15) is 37.8 Å². The summed E-state index contributed by atoms with van der Waals surface area (Å²) in [4.78, 5) is 2.55. The van der Waals surface area contributed by atoms with Crippen molar-refractivity contribution in [1.82, 2.24) is 4.90 Å². The van der Waals surface area contributed by atoms with Crippen molar-refractivity contribution >= 4 is 0 Å². The number of rotatable bonds is 8. The predicted octanol–water partition coefficient (Wildman–Crippen LogP) is 2.82. The highest BCUT2D eigenvalue weighted by Crippen LogP contribution is 2.33. The summed E-state index contributed by atoms with van der Waals surface area (Å²) in [5, 5.41) is 0. The van der Waals surface area contributed by atoms with Crippen LogP contribution in [-0.2, 0) is 0 Å². The fourth-order valence-electron chi connectivity index (χ4n) is 2.64. The molecule has 1 aliphatic rings. The monoisotopic (exact) mass is 262 g/mol. The van der Waals surface area contributed by atoms with Gasteiger partial charge in [0.05, 0.1) is 7.11 Å². The molecule has 0 heterocycles. The molecular formula is C16H26N2O. The standard InChI is InChI=1S/C16H26N2O/c1-3-9-18(12-13-7-8-13)16(11-17)14-5-4-6-15(10-14)19-2/h4-6,10,13,16H,3,7-9,11-12,17H2,1-2H3. The molecule has 0 aliphatic heterocycles. The van der Waals surface area contributed by atoms with Crippen molar-refractivity contribution in [3.8, 4) is 5.75 Å². The Morgan fingerprint density at radius 3 is 2.79 bits per heavy atom. The van der Waals surface area contributed by atoms with Gasteiger partial charge in [-0.15, -0.1) is 0 Å². The fourth-order valence-corrected chi connectivity index (χ4v) is 2.64. The number of nitrogens with zero attached hydrogens (tertiary/aromatic N) is 1. The Bertz CT molecular complexity index is 390. The molecule has 1 saturated carbocycles. The number of hydrogen-bond acceptors (Lipinski definition) is 3. The molecule has 1 aliphatic carbocycles. The van der Waals surface area contributed by atoms with Gasteiger partial charge in [-0.25, -0.2) is 0 Å². The zero-order valence-electron chi connectivity index (χ0n) is 12.1. The van der Waals surface area contributed by atoms with E-state index in [9.17, 15) is 0 Å². The number of methoxy groups -OCH3 is 1. The summed E-state index contributed by atoms with van der Waals surface area (Å²) in [7, 11) is 1.71. The molecule has 0 radical (unpaired) electrons. The second kappa shape index (κ2) is 6.92. The van der Waals surface area contributed by atoms with E-state index in [1.54, 1.807) is 7.11 Å². The molecule has 0 spiro atoms. The first-order valence-electron chi connectivity index (χ1n) is 7.36. The molecule has 0 saturated heterocycles. The molecule has 1 fully saturated rings. The number of hydrogen-bond donors (Lipinski definition) is 1. The minimum Gasteiger partial charge on any atom is -0.497 e. The second-order valence-corrected chi connectivity index (χ2v) is 5.47. The molecule has 1 unspecified atom stereocenters. The molecule has 0 aromatic heterocycles. The van der Waals surface area contributed by atoms with Crippen LogP contribution in [0.2, 0.25) is 0 Å². The lowest BCUT2D eigenvalue weighted by atomic mass is 10.0. The van der Waals surface area contributed by atoms with Crippen LogP contribution in [0, 0.1) is 5.92 Å². The Kier molecular flexibility index (Phi) is 5.23. The van der Waals surface area contributed by atoms with Gasteiger partial charge in [-0.1, -0.05) is 19.1 Å². The fraction of sp³-hybridized carbons (Fsp3) is 0.625.